The highest BCUT2D eigenvalue weighted by Gasteiger charge is 2.23. The molecule has 0 aromatic heterocycles. The van der Waals surface area contributed by atoms with Gasteiger partial charge in [-0.3, -0.25) is 0 Å². The lowest BCUT2D eigenvalue weighted by molar-refractivity contribution is -0.0801. The lowest BCUT2D eigenvalue weighted by Crippen LogP contribution is -2.01. The molecule has 0 aromatic rings. The molecule has 0 aliphatic carbocycles. The molecule has 0 saturated carbocycles. The van der Waals surface area contributed by atoms with Crippen molar-refractivity contribution < 1.29 is 13.2 Å². The highest BCUT2D eigenvalue weighted by molar-refractivity contribution is 14.1. The maximum Gasteiger partial charge on any atom is 0.410 e. The summed E-state index contributed by atoms with van der Waals surface area (Å²) in [6, 6.07) is 0. The van der Waals surface area contributed by atoms with Gasteiger partial charge in [0.2, 0.25) is 0 Å². The number of hydrogen-bond donors (Lipinski definition) is 0. The zero-order chi connectivity index (χ0) is 12.4. The molecule has 0 radical (unpaired) electrons. The third kappa shape index (κ3) is 12.3. The van der Waals surface area contributed by atoms with Gasteiger partial charge in [-0.05, 0) is 39.0 Å². The van der Waals surface area contributed by atoms with Gasteiger partial charge >= 0.3 is 6.18 Å². The minimum atomic E-state index is -4.16. The topological polar surface area (TPSA) is 0 Å². The smallest absolute Gasteiger partial charge is 0.167 e. The molecule has 0 spiro atoms. The molecule has 0 heterocycles. The second kappa shape index (κ2) is 9.31. The second-order valence-corrected chi connectivity index (χ2v) is 5.39. The molecule has 0 aromatic carbocycles. The van der Waals surface area contributed by atoms with Crippen LogP contribution >= 0.6 is 22.6 Å². The van der Waals surface area contributed by atoms with Gasteiger partial charge in [0.15, 0.2) is 0 Å². The van der Waals surface area contributed by atoms with Gasteiger partial charge in [-0.15, -0.1) is 0 Å². The summed E-state index contributed by atoms with van der Waals surface area (Å²) in [4.78, 5) is 0. The van der Waals surface area contributed by atoms with Crippen LogP contribution in [-0.2, 0) is 0 Å². The molecule has 0 fully saturated rings. The van der Waals surface area contributed by atoms with Crippen molar-refractivity contribution in [3.8, 4) is 0 Å². The summed E-state index contributed by atoms with van der Waals surface area (Å²) in [5.41, 5.74) is 0. The van der Waals surface area contributed by atoms with Gasteiger partial charge in [-0.25, -0.2) is 0 Å². The van der Waals surface area contributed by atoms with Crippen molar-refractivity contribution in [2.24, 2.45) is 0 Å². The largest absolute Gasteiger partial charge is 0.410 e. The van der Waals surface area contributed by atoms with Crippen molar-refractivity contribution in [2.75, 3.05) is 0 Å². The Hall–Kier alpha value is 0.260. The van der Waals surface area contributed by atoms with Crippen molar-refractivity contribution in [1.29, 1.82) is 0 Å². The first-order valence-electron chi connectivity index (χ1n) is 5.89. The summed E-state index contributed by atoms with van der Waals surface area (Å²) in [6.45, 7) is 2.17. The molecule has 0 amide bonds. The third-order valence-electron chi connectivity index (χ3n) is 2.34. The van der Waals surface area contributed by atoms with E-state index in [-0.39, 0.29) is 0 Å². The Morgan fingerprint density at radius 3 is 2.00 bits per heavy atom. The van der Waals surface area contributed by atoms with Gasteiger partial charge in [0, 0.05) is 6.08 Å². The van der Waals surface area contributed by atoms with E-state index >= 15 is 0 Å². The fourth-order valence-electron chi connectivity index (χ4n) is 1.50. The Labute approximate surface area is 110 Å². The first kappa shape index (κ1) is 16.3. The predicted octanol–water partition coefficient (Wildman–Crippen LogP) is 6.01. The van der Waals surface area contributed by atoms with Crippen LogP contribution in [0.1, 0.15) is 58.3 Å². The average molecular weight is 348 g/mol. The number of allylic oxidation sites excluding steroid dienone is 2. The minimum absolute atomic E-state index is 0.407. The molecule has 16 heavy (non-hydrogen) atoms. The van der Waals surface area contributed by atoms with Crippen LogP contribution in [-0.4, -0.2) is 6.18 Å². The van der Waals surface area contributed by atoms with Crippen molar-refractivity contribution in [3.63, 3.8) is 0 Å². The van der Waals surface area contributed by atoms with E-state index in [9.17, 15) is 13.2 Å². The molecule has 0 unspecified atom stereocenters. The van der Waals surface area contributed by atoms with Crippen LogP contribution < -0.4 is 0 Å². The Kier molecular flexibility index (Phi) is 9.46. The zero-order valence-electron chi connectivity index (χ0n) is 9.75. The van der Waals surface area contributed by atoms with Crippen LogP contribution in [0.3, 0.4) is 0 Å². The highest BCUT2D eigenvalue weighted by Crippen LogP contribution is 2.25. The molecule has 0 aliphatic rings. The molecule has 0 rings (SSSR count). The van der Waals surface area contributed by atoms with Crippen LogP contribution in [0.4, 0.5) is 13.2 Å². The summed E-state index contributed by atoms with van der Waals surface area (Å²) < 4.78 is 36.2. The van der Waals surface area contributed by atoms with Crippen molar-refractivity contribution >= 4 is 22.6 Å². The Bertz CT molecular complexity index is 197. The summed E-state index contributed by atoms with van der Waals surface area (Å²) in [5, 5.41) is 0. The van der Waals surface area contributed by atoms with E-state index in [1.54, 1.807) is 22.6 Å². The first-order chi connectivity index (χ1) is 7.45. The Morgan fingerprint density at radius 1 is 1.00 bits per heavy atom. The fraction of sp³-hybridized carbons (Fsp3) is 0.833. The molecule has 0 nitrogen and oxygen atoms in total. The number of hydrogen-bond acceptors (Lipinski definition) is 0. The van der Waals surface area contributed by atoms with Gasteiger partial charge in [-0.2, -0.15) is 13.2 Å². The lowest BCUT2D eigenvalue weighted by atomic mass is 10.1. The van der Waals surface area contributed by atoms with E-state index in [1.807, 2.05) is 0 Å². The summed E-state index contributed by atoms with van der Waals surface area (Å²) in [7, 11) is 0. The van der Waals surface area contributed by atoms with Crippen molar-refractivity contribution in [1.82, 2.24) is 0 Å². The Morgan fingerprint density at radius 2 is 1.50 bits per heavy atom. The van der Waals surface area contributed by atoms with E-state index < -0.39 is 6.18 Å². The van der Waals surface area contributed by atoms with E-state index in [2.05, 4.69) is 6.92 Å². The van der Waals surface area contributed by atoms with Gasteiger partial charge in [0.05, 0.1) is 0 Å². The van der Waals surface area contributed by atoms with Crippen LogP contribution in [0.5, 0.6) is 0 Å². The van der Waals surface area contributed by atoms with Gasteiger partial charge in [0.1, 0.15) is 0 Å². The average Bonchev–Trinajstić information content (AvgIpc) is 2.13. The number of rotatable bonds is 8. The third-order valence-corrected chi connectivity index (χ3v) is 3.19. The van der Waals surface area contributed by atoms with Crippen LogP contribution in [0.15, 0.2) is 9.66 Å². The standard InChI is InChI=1S/C12H20F3I/c1-2-3-4-5-6-7-8-9-11(16)10-12(13,14)15/h10H,2-9H2,1H3. The number of halogens is 4. The minimum Gasteiger partial charge on any atom is -0.167 e. The molecular weight excluding hydrogens is 328 g/mol. The van der Waals surface area contributed by atoms with Gasteiger partial charge in [0.25, 0.3) is 0 Å². The molecule has 0 bridgehead atoms. The quantitative estimate of drug-likeness (QED) is 0.372. The maximum atomic E-state index is 11.9. The summed E-state index contributed by atoms with van der Waals surface area (Å²) in [5.74, 6) is 0. The van der Waals surface area contributed by atoms with Crippen molar-refractivity contribution in [2.45, 2.75) is 64.5 Å². The summed E-state index contributed by atoms with van der Waals surface area (Å²) >= 11 is 1.78. The van der Waals surface area contributed by atoms with E-state index in [1.165, 1.54) is 25.7 Å². The number of unbranched alkanes of at least 4 members (excludes halogenated alkanes) is 6. The molecule has 0 aliphatic heterocycles. The fourth-order valence-corrected chi connectivity index (χ4v) is 2.24. The van der Waals surface area contributed by atoms with E-state index in [0.29, 0.717) is 16.1 Å². The van der Waals surface area contributed by atoms with Crippen LogP contribution in [0.25, 0.3) is 0 Å². The van der Waals surface area contributed by atoms with Crippen LogP contribution in [0, 0.1) is 0 Å². The molecule has 0 N–H and O–H groups in total. The lowest BCUT2D eigenvalue weighted by Gasteiger charge is -2.03. The first-order valence-corrected chi connectivity index (χ1v) is 6.97. The van der Waals surface area contributed by atoms with Gasteiger partial charge < -0.3 is 0 Å². The predicted molar refractivity (Wildman–Crippen MR) is 70.8 cm³/mol. The highest BCUT2D eigenvalue weighted by atomic mass is 127. The van der Waals surface area contributed by atoms with E-state index in [0.717, 1.165) is 19.3 Å². The molecular formula is C12H20F3I. The van der Waals surface area contributed by atoms with E-state index in [4.69, 9.17) is 0 Å². The van der Waals surface area contributed by atoms with Crippen LogP contribution in [0.2, 0.25) is 0 Å². The number of alkyl halides is 3. The molecule has 0 saturated heterocycles. The zero-order valence-corrected chi connectivity index (χ0v) is 11.9. The molecule has 96 valence electrons. The van der Waals surface area contributed by atoms with Gasteiger partial charge in [-0.1, -0.05) is 45.4 Å². The summed E-state index contributed by atoms with van der Waals surface area (Å²) in [6.07, 6.45) is 4.85. The molecule has 4 heteroatoms. The Balaban J connectivity index is 3.41. The second-order valence-electron chi connectivity index (χ2n) is 4.00. The SMILES string of the molecule is CCCCCCCCCC(I)=CC(F)(F)F. The maximum absolute atomic E-state index is 11.9. The monoisotopic (exact) mass is 348 g/mol. The normalized spacial score (nSPS) is 13.2. The molecule has 0 atom stereocenters. The van der Waals surface area contributed by atoms with Crippen molar-refractivity contribution in [3.05, 3.63) is 9.66 Å².